The lowest BCUT2D eigenvalue weighted by atomic mass is 9.96. The average Bonchev–Trinajstić information content (AvgIpc) is 3.10. The first-order valence-corrected chi connectivity index (χ1v) is 19.1. The summed E-state index contributed by atoms with van der Waals surface area (Å²) < 4.78 is 33.4. The van der Waals surface area contributed by atoms with Gasteiger partial charge >= 0.3 is 17.9 Å². The first-order chi connectivity index (χ1) is 25.3. The molecule has 12 atom stereocenters. The second-order valence-electron chi connectivity index (χ2n) is 14.0. The quantitative estimate of drug-likeness (QED) is 0.0424. The number of hydrogen-bond donors (Lipinski definition) is 8. The van der Waals surface area contributed by atoms with Crippen LogP contribution >= 0.6 is 0 Å². The first kappa shape index (κ1) is 47.1. The first-order valence-electron chi connectivity index (χ1n) is 19.1. The van der Waals surface area contributed by atoms with Crippen LogP contribution in [0.1, 0.15) is 117 Å². The van der Waals surface area contributed by atoms with E-state index in [1.165, 1.54) is 0 Å². The largest absolute Gasteiger partial charge is 0.481 e. The summed E-state index contributed by atoms with van der Waals surface area (Å²) in [5, 5.41) is 82.3. The van der Waals surface area contributed by atoms with Gasteiger partial charge in [-0.05, 0) is 19.3 Å². The van der Waals surface area contributed by atoms with Gasteiger partial charge in [0.15, 0.2) is 18.7 Å². The van der Waals surface area contributed by atoms with Gasteiger partial charge in [0.2, 0.25) is 0 Å². The molecular weight excluding hydrogens is 704 g/mol. The lowest BCUT2D eigenvalue weighted by molar-refractivity contribution is -0.361. The van der Waals surface area contributed by atoms with E-state index < -0.39 is 111 Å². The average molecular weight is 769 g/mol. The van der Waals surface area contributed by atoms with Gasteiger partial charge in [0, 0.05) is 13.3 Å². The molecular formula is C36H64O17. The van der Waals surface area contributed by atoms with Gasteiger partial charge in [0.25, 0.3) is 0 Å². The number of esters is 2. The number of hydrogen-bond acceptors (Lipinski definition) is 16. The monoisotopic (exact) mass is 768 g/mol. The molecule has 17 heteroatoms. The van der Waals surface area contributed by atoms with Gasteiger partial charge in [0.05, 0.1) is 31.8 Å². The molecule has 0 saturated carbocycles. The van der Waals surface area contributed by atoms with Crippen molar-refractivity contribution in [3.05, 3.63) is 0 Å². The molecule has 8 N–H and O–H groups in total. The highest BCUT2D eigenvalue weighted by Crippen LogP contribution is 2.31. The Morgan fingerprint density at radius 2 is 1.26 bits per heavy atom. The summed E-state index contributed by atoms with van der Waals surface area (Å²) in [6, 6.07) is 0. The van der Waals surface area contributed by atoms with Crippen LogP contribution in [0.25, 0.3) is 0 Å². The number of unbranched alkanes of at least 4 members (excludes halogenated alkanes) is 10. The standard InChI is InChI=1S/C36H64O17/c1-3-15-23(39)18-28(43)52-34-30(45)29(44)25(19-37)50-36(34)53-33-26(21-48-22(2)38)51-35(32(47)31(33)46)49-20-24(40)16-13-11-9-7-5-4-6-8-10-12-14-17-27(41)42/h23-26,29-37,39-40,44-47H,3-21H2,1-2H3,(H,41,42)/t23?,24?,25-,26-,29-,30+,31-,32-,33-,34-,35-,36+/m1/s1. The number of ether oxygens (including phenoxy) is 6. The molecule has 2 heterocycles. The number of carbonyl (C=O) groups excluding carboxylic acids is 2. The molecule has 53 heavy (non-hydrogen) atoms. The molecule has 2 rings (SSSR count). The Balaban J connectivity index is 1.90. The third-order valence-corrected chi connectivity index (χ3v) is 9.38. The maximum atomic E-state index is 12.6. The zero-order chi connectivity index (χ0) is 39.3. The van der Waals surface area contributed by atoms with Crippen LogP contribution in [-0.2, 0) is 42.8 Å². The summed E-state index contributed by atoms with van der Waals surface area (Å²) in [4.78, 5) is 34.8. The van der Waals surface area contributed by atoms with Crippen molar-refractivity contribution in [3.63, 3.8) is 0 Å². The summed E-state index contributed by atoms with van der Waals surface area (Å²) in [5.74, 6) is -2.39. The van der Waals surface area contributed by atoms with Crippen molar-refractivity contribution in [3.8, 4) is 0 Å². The topological polar surface area (TPSA) is 268 Å². The number of aliphatic hydroxyl groups excluding tert-OH is 7. The third kappa shape index (κ3) is 17.5. The van der Waals surface area contributed by atoms with Crippen molar-refractivity contribution in [2.75, 3.05) is 19.8 Å². The minimum absolute atomic E-state index is 0.231. The predicted molar refractivity (Wildman–Crippen MR) is 185 cm³/mol. The maximum Gasteiger partial charge on any atom is 0.308 e. The van der Waals surface area contributed by atoms with Crippen LogP contribution in [-0.4, -0.2) is 152 Å². The fraction of sp³-hybridized carbons (Fsp3) is 0.917. The van der Waals surface area contributed by atoms with Crippen molar-refractivity contribution in [2.45, 2.75) is 190 Å². The number of aliphatic carboxylic acids is 1. The molecule has 0 aromatic heterocycles. The Kier molecular flexibility index (Phi) is 23.1. The van der Waals surface area contributed by atoms with Gasteiger partial charge in [0.1, 0.15) is 49.3 Å². The van der Waals surface area contributed by atoms with Crippen LogP contribution in [0.15, 0.2) is 0 Å². The molecule has 0 aliphatic carbocycles. The number of rotatable bonds is 27. The van der Waals surface area contributed by atoms with Crippen molar-refractivity contribution in [1.29, 1.82) is 0 Å². The highest BCUT2D eigenvalue weighted by Gasteiger charge is 2.52. The molecule has 0 aromatic carbocycles. The molecule has 0 bridgehead atoms. The van der Waals surface area contributed by atoms with Gasteiger partial charge in [-0.25, -0.2) is 0 Å². The molecule has 2 aliphatic rings. The van der Waals surface area contributed by atoms with Gasteiger partial charge in [-0.15, -0.1) is 0 Å². The Morgan fingerprint density at radius 3 is 1.83 bits per heavy atom. The SMILES string of the molecule is CCCC(O)CC(=O)O[C@H]1[C@H](O[C@H]2[C@H](O)[C@@H](O)[C@H](OCC(O)CCCCCCCCCCCCCC(=O)O)O[C@@H]2COC(C)=O)O[C@H](CO)[C@@H](O)[C@@H]1O. The molecule has 2 unspecified atom stereocenters. The minimum atomic E-state index is -1.83. The lowest BCUT2D eigenvalue weighted by Crippen LogP contribution is -2.65. The van der Waals surface area contributed by atoms with E-state index in [9.17, 15) is 50.1 Å². The molecule has 0 spiro atoms. The van der Waals surface area contributed by atoms with Crippen LogP contribution < -0.4 is 0 Å². The van der Waals surface area contributed by atoms with Crippen molar-refractivity contribution >= 4 is 17.9 Å². The highest BCUT2D eigenvalue weighted by molar-refractivity contribution is 5.70. The summed E-state index contributed by atoms with van der Waals surface area (Å²) in [6.07, 6.45) is -6.04. The number of carboxylic acids is 1. The van der Waals surface area contributed by atoms with Crippen LogP contribution in [0.3, 0.4) is 0 Å². The molecule has 310 valence electrons. The second-order valence-corrected chi connectivity index (χ2v) is 14.0. The van der Waals surface area contributed by atoms with Crippen LogP contribution in [0.5, 0.6) is 0 Å². The predicted octanol–water partition coefficient (Wildman–Crippen LogP) is 0.817. The lowest BCUT2D eigenvalue weighted by Gasteiger charge is -2.46. The van der Waals surface area contributed by atoms with E-state index in [4.69, 9.17) is 33.5 Å². The number of carboxylic acid groups (broad SMARTS) is 1. The van der Waals surface area contributed by atoms with Gasteiger partial charge in [-0.2, -0.15) is 0 Å². The summed E-state index contributed by atoms with van der Waals surface area (Å²) in [7, 11) is 0. The fourth-order valence-corrected chi connectivity index (χ4v) is 6.36. The number of aliphatic hydroxyl groups is 7. The molecule has 2 saturated heterocycles. The number of carbonyl (C=O) groups is 3. The fourth-order valence-electron chi connectivity index (χ4n) is 6.36. The van der Waals surface area contributed by atoms with Gasteiger partial charge in [-0.1, -0.05) is 77.6 Å². The van der Waals surface area contributed by atoms with E-state index in [1.54, 1.807) is 0 Å². The Labute approximate surface area is 311 Å². The van der Waals surface area contributed by atoms with Crippen molar-refractivity contribution < 1.29 is 83.7 Å². The smallest absolute Gasteiger partial charge is 0.308 e. The Morgan fingerprint density at radius 1 is 0.698 bits per heavy atom. The summed E-state index contributed by atoms with van der Waals surface area (Å²) in [5.41, 5.74) is 0. The van der Waals surface area contributed by atoms with Crippen LogP contribution in [0, 0.1) is 0 Å². The van der Waals surface area contributed by atoms with Gasteiger partial charge < -0.3 is 69.3 Å². The molecule has 0 radical (unpaired) electrons. The maximum absolute atomic E-state index is 12.6. The zero-order valence-electron chi connectivity index (χ0n) is 31.1. The van der Waals surface area contributed by atoms with E-state index >= 15 is 0 Å². The molecule has 0 aromatic rings. The Bertz CT molecular complexity index is 1030. The molecule has 2 fully saturated rings. The van der Waals surface area contributed by atoms with E-state index in [0.717, 1.165) is 77.6 Å². The summed E-state index contributed by atoms with van der Waals surface area (Å²) in [6.45, 7) is 1.46. The van der Waals surface area contributed by atoms with Crippen LogP contribution in [0.4, 0.5) is 0 Å². The Hall–Kier alpha value is -2.03. The van der Waals surface area contributed by atoms with Crippen molar-refractivity contribution in [2.24, 2.45) is 0 Å². The van der Waals surface area contributed by atoms with Crippen molar-refractivity contribution in [1.82, 2.24) is 0 Å². The third-order valence-electron chi connectivity index (χ3n) is 9.38. The molecule has 17 nitrogen and oxygen atoms in total. The van der Waals surface area contributed by atoms with E-state index in [1.807, 2.05) is 6.92 Å². The minimum Gasteiger partial charge on any atom is -0.481 e. The molecule has 2 aliphatic heterocycles. The van der Waals surface area contributed by atoms with E-state index in [-0.39, 0.29) is 13.0 Å². The normalized spacial score (nSPS) is 30.1. The van der Waals surface area contributed by atoms with E-state index in [0.29, 0.717) is 19.3 Å². The summed E-state index contributed by atoms with van der Waals surface area (Å²) >= 11 is 0. The van der Waals surface area contributed by atoms with Gasteiger partial charge in [-0.3, -0.25) is 14.4 Å². The highest BCUT2D eigenvalue weighted by atomic mass is 16.8. The second kappa shape index (κ2) is 25.9. The zero-order valence-corrected chi connectivity index (χ0v) is 31.1. The van der Waals surface area contributed by atoms with Crippen LogP contribution in [0.2, 0.25) is 0 Å². The molecule has 0 amide bonds. The van der Waals surface area contributed by atoms with E-state index in [2.05, 4.69) is 0 Å².